The monoisotopic (exact) mass is 398 g/mol. The lowest BCUT2D eigenvalue weighted by Gasteiger charge is -2.40. The summed E-state index contributed by atoms with van der Waals surface area (Å²) in [6.45, 7) is 9.00. The van der Waals surface area contributed by atoms with Crippen molar-refractivity contribution in [2.24, 2.45) is 5.73 Å². The normalized spacial score (nSPS) is 16.3. The maximum absolute atomic E-state index is 13.1. The van der Waals surface area contributed by atoms with Gasteiger partial charge < -0.3 is 10.6 Å². The van der Waals surface area contributed by atoms with Crippen molar-refractivity contribution < 1.29 is 4.79 Å². The van der Waals surface area contributed by atoms with Gasteiger partial charge in [-0.3, -0.25) is 4.79 Å². The van der Waals surface area contributed by atoms with E-state index in [1.54, 1.807) is 0 Å². The fraction of sp³-hybridized carbons (Fsp3) is 0.296. The number of benzene rings is 3. The SMILES string of the molecule is Cc1ccc(-c2cc3c(cc2C(C)N)N(Cc2ccccc2)C(=O)CC3(C)C)cc1. The number of fused-ring (bicyclic) bond motifs is 1. The fourth-order valence-corrected chi connectivity index (χ4v) is 4.37. The second-order valence-corrected chi connectivity index (χ2v) is 9.14. The number of carbonyl (C=O) groups excluding carboxylic acids is 1. The molecular weight excluding hydrogens is 368 g/mol. The zero-order valence-corrected chi connectivity index (χ0v) is 18.3. The highest BCUT2D eigenvalue weighted by Crippen LogP contribution is 2.45. The van der Waals surface area contributed by atoms with E-state index < -0.39 is 0 Å². The van der Waals surface area contributed by atoms with Crippen LogP contribution in [0.15, 0.2) is 66.7 Å². The van der Waals surface area contributed by atoms with E-state index in [0.717, 1.165) is 27.9 Å². The van der Waals surface area contributed by atoms with E-state index in [0.29, 0.717) is 13.0 Å². The number of anilines is 1. The molecule has 0 aliphatic carbocycles. The standard InChI is InChI=1S/C27H30N2O/c1-18-10-12-21(13-11-18)23-14-24-25(15-22(23)19(2)28)29(26(30)16-27(24,3)4)17-20-8-6-5-7-9-20/h5-15,19H,16-17,28H2,1-4H3. The van der Waals surface area contributed by atoms with Gasteiger partial charge in [-0.15, -0.1) is 0 Å². The molecule has 3 aromatic rings. The maximum atomic E-state index is 13.1. The zero-order chi connectivity index (χ0) is 21.5. The lowest BCUT2D eigenvalue weighted by atomic mass is 9.75. The van der Waals surface area contributed by atoms with Crippen LogP contribution in [-0.2, 0) is 16.8 Å². The number of rotatable bonds is 4. The van der Waals surface area contributed by atoms with Crippen molar-refractivity contribution in [3.05, 3.63) is 89.0 Å². The first-order valence-electron chi connectivity index (χ1n) is 10.6. The second kappa shape index (κ2) is 7.73. The molecule has 0 saturated carbocycles. The molecule has 1 atom stereocenters. The molecule has 30 heavy (non-hydrogen) atoms. The summed E-state index contributed by atoms with van der Waals surface area (Å²) in [5.41, 5.74) is 14.1. The summed E-state index contributed by atoms with van der Waals surface area (Å²) in [7, 11) is 0. The van der Waals surface area contributed by atoms with E-state index >= 15 is 0 Å². The van der Waals surface area contributed by atoms with Gasteiger partial charge in [0.15, 0.2) is 0 Å². The highest BCUT2D eigenvalue weighted by Gasteiger charge is 2.37. The molecule has 3 aromatic carbocycles. The van der Waals surface area contributed by atoms with Gasteiger partial charge in [-0.1, -0.05) is 74.0 Å². The summed E-state index contributed by atoms with van der Waals surface area (Å²) in [5.74, 6) is 0.162. The van der Waals surface area contributed by atoms with Crippen LogP contribution in [0.4, 0.5) is 5.69 Å². The van der Waals surface area contributed by atoms with Crippen molar-refractivity contribution in [3.63, 3.8) is 0 Å². The van der Waals surface area contributed by atoms with Crippen LogP contribution < -0.4 is 10.6 Å². The maximum Gasteiger partial charge on any atom is 0.228 e. The van der Waals surface area contributed by atoms with Crippen LogP contribution >= 0.6 is 0 Å². The second-order valence-electron chi connectivity index (χ2n) is 9.14. The van der Waals surface area contributed by atoms with Gasteiger partial charge in [0.05, 0.1) is 6.54 Å². The molecule has 0 saturated heterocycles. The van der Waals surface area contributed by atoms with Gasteiger partial charge in [-0.05, 0) is 53.8 Å². The minimum Gasteiger partial charge on any atom is -0.324 e. The van der Waals surface area contributed by atoms with E-state index in [9.17, 15) is 4.79 Å². The highest BCUT2D eigenvalue weighted by molar-refractivity contribution is 5.98. The van der Waals surface area contributed by atoms with Crippen molar-refractivity contribution >= 4 is 11.6 Å². The van der Waals surface area contributed by atoms with Gasteiger partial charge >= 0.3 is 0 Å². The molecule has 1 amide bonds. The molecule has 0 radical (unpaired) electrons. The average molecular weight is 399 g/mol. The Morgan fingerprint density at radius 2 is 1.70 bits per heavy atom. The summed E-state index contributed by atoms with van der Waals surface area (Å²) in [6, 6.07) is 23.0. The molecule has 3 nitrogen and oxygen atoms in total. The average Bonchev–Trinajstić information content (AvgIpc) is 2.71. The number of nitrogens with two attached hydrogens (primary N) is 1. The van der Waals surface area contributed by atoms with E-state index in [4.69, 9.17) is 5.73 Å². The Morgan fingerprint density at radius 3 is 2.33 bits per heavy atom. The fourth-order valence-electron chi connectivity index (χ4n) is 4.37. The van der Waals surface area contributed by atoms with E-state index in [2.05, 4.69) is 69.3 Å². The Kier molecular flexibility index (Phi) is 5.25. The molecule has 1 aliphatic rings. The first-order chi connectivity index (χ1) is 14.3. The van der Waals surface area contributed by atoms with Crippen LogP contribution in [0.2, 0.25) is 0 Å². The first kappa shape index (κ1) is 20.4. The topological polar surface area (TPSA) is 46.3 Å². The predicted molar refractivity (Wildman–Crippen MR) is 124 cm³/mol. The number of hydrogen-bond acceptors (Lipinski definition) is 2. The third kappa shape index (κ3) is 3.78. The van der Waals surface area contributed by atoms with Crippen molar-refractivity contribution in [1.82, 2.24) is 0 Å². The third-order valence-corrected chi connectivity index (χ3v) is 6.12. The Balaban J connectivity index is 1.89. The summed E-state index contributed by atoms with van der Waals surface area (Å²) in [4.78, 5) is 15.1. The zero-order valence-electron chi connectivity index (χ0n) is 18.3. The minimum absolute atomic E-state index is 0.134. The minimum atomic E-state index is -0.227. The first-order valence-corrected chi connectivity index (χ1v) is 10.6. The van der Waals surface area contributed by atoms with Crippen molar-refractivity contribution in [3.8, 4) is 11.1 Å². The molecule has 1 aliphatic heterocycles. The summed E-state index contributed by atoms with van der Waals surface area (Å²) in [5, 5.41) is 0. The molecule has 154 valence electrons. The Labute approximate surface area is 179 Å². The Hall–Kier alpha value is -2.91. The van der Waals surface area contributed by atoms with Crippen molar-refractivity contribution in [2.45, 2.75) is 52.1 Å². The van der Waals surface area contributed by atoms with Crippen LogP contribution in [0.1, 0.15) is 55.5 Å². The molecule has 0 bridgehead atoms. The van der Waals surface area contributed by atoms with Crippen LogP contribution in [0, 0.1) is 6.92 Å². The molecule has 3 heteroatoms. The predicted octanol–water partition coefficient (Wildman–Crippen LogP) is 5.90. The number of nitrogens with zero attached hydrogens (tertiary/aromatic N) is 1. The smallest absolute Gasteiger partial charge is 0.228 e. The summed E-state index contributed by atoms with van der Waals surface area (Å²) >= 11 is 0. The highest BCUT2D eigenvalue weighted by atomic mass is 16.2. The molecule has 0 spiro atoms. The number of hydrogen-bond donors (Lipinski definition) is 1. The molecule has 0 fully saturated rings. The van der Waals surface area contributed by atoms with Gasteiger partial charge in [-0.2, -0.15) is 0 Å². The Morgan fingerprint density at radius 1 is 1.03 bits per heavy atom. The lowest BCUT2D eigenvalue weighted by Crippen LogP contribution is -2.41. The van der Waals surface area contributed by atoms with E-state index in [1.165, 1.54) is 11.1 Å². The largest absolute Gasteiger partial charge is 0.324 e. The van der Waals surface area contributed by atoms with Crippen molar-refractivity contribution in [1.29, 1.82) is 0 Å². The Bertz CT molecular complexity index is 1070. The number of amides is 1. The lowest BCUT2D eigenvalue weighted by molar-refractivity contribution is -0.120. The molecule has 0 aromatic heterocycles. The van der Waals surface area contributed by atoms with Crippen LogP contribution in [0.25, 0.3) is 11.1 Å². The molecule has 1 unspecified atom stereocenters. The van der Waals surface area contributed by atoms with Gasteiger partial charge in [-0.25, -0.2) is 0 Å². The van der Waals surface area contributed by atoms with Gasteiger partial charge in [0.25, 0.3) is 0 Å². The van der Waals surface area contributed by atoms with Crippen LogP contribution in [0.5, 0.6) is 0 Å². The van der Waals surface area contributed by atoms with Gasteiger partial charge in [0.1, 0.15) is 0 Å². The molecule has 2 N–H and O–H groups in total. The summed E-state index contributed by atoms with van der Waals surface area (Å²) in [6.07, 6.45) is 0.498. The van der Waals surface area contributed by atoms with Gasteiger partial charge in [0, 0.05) is 23.6 Å². The van der Waals surface area contributed by atoms with Crippen LogP contribution in [-0.4, -0.2) is 5.91 Å². The molecule has 1 heterocycles. The number of aryl methyl sites for hydroxylation is 1. The van der Waals surface area contributed by atoms with Crippen LogP contribution in [0.3, 0.4) is 0 Å². The summed E-state index contributed by atoms with van der Waals surface area (Å²) < 4.78 is 0. The van der Waals surface area contributed by atoms with E-state index in [-0.39, 0.29) is 17.4 Å². The van der Waals surface area contributed by atoms with Gasteiger partial charge in [0.2, 0.25) is 5.91 Å². The van der Waals surface area contributed by atoms with Crippen molar-refractivity contribution in [2.75, 3.05) is 4.90 Å². The third-order valence-electron chi connectivity index (χ3n) is 6.12. The molecule has 4 rings (SSSR count). The quantitative estimate of drug-likeness (QED) is 0.595. The number of carbonyl (C=O) groups is 1. The molecular formula is C27H30N2O. The van der Waals surface area contributed by atoms with E-state index in [1.807, 2.05) is 30.0 Å².